The van der Waals surface area contributed by atoms with Gasteiger partial charge in [-0.1, -0.05) is 26.0 Å². The Morgan fingerprint density at radius 3 is 2.48 bits per heavy atom. The van der Waals surface area contributed by atoms with Crippen molar-refractivity contribution in [3.63, 3.8) is 0 Å². The molecule has 1 saturated heterocycles. The number of aliphatic carboxylic acids is 1. The smallest absolute Gasteiger partial charge is 0.320 e. The molecule has 0 radical (unpaired) electrons. The number of nitrogens with one attached hydrogen (secondary N) is 1. The van der Waals surface area contributed by atoms with Gasteiger partial charge in [0.05, 0.1) is 45.5 Å². The largest absolute Gasteiger partial charge is 0.488 e. The molecular weight excluding hydrogens is 595 g/mol. The predicted molar refractivity (Wildman–Crippen MR) is 172 cm³/mol. The number of carbonyl (C=O) groups is 2. The molecule has 0 spiro atoms. The lowest BCUT2D eigenvalue weighted by atomic mass is 10.0. The van der Waals surface area contributed by atoms with Crippen LogP contribution in [0.3, 0.4) is 0 Å². The summed E-state index contributed by atoms with van der Waals surface area (Å²) in [5, 5.41) is 13.0. The number of halogens is 1. The first-order valence-electron chi connectivity index (χ1n) is 16.5. The van der Waals surface area contributed by atoms with E-state index in [2.05, 4.69) is 25.2 Å². The molecular formula is C34H49FN4O7. The first-order chi connectivity index (χ1) is 22.3. The van der Waals surface area contributed by atoms with Gasteiger partial charge in [0.1, 0.15) is 12.4 Å². The van der Waals surface area contributed by atoms with Gasteiger partial charge in [-0.3, -0.25) is 4.79 Å². The minimum atomic E-state index is -1.07. The van der Waals surface area contributed by atoms with Crippen LogP contribution in [0.15, 0.2) is 30.3 Å². The van der Waals surface area contributed by atoms with E-state index in [-0.39, 0.29) is 31.4 Å². The quantitative estimate of drug-likeness (QED) is 0.182. The zero-order valence-corrected chi connectivity index (χ0v) is 27.2. The van der Waals surface area contributed by atoms with Gasteiger partial charge in [0.25, 0.3) is 0 Å². The number of hydrogen-bond acceptors (Lipinski definition) is 8. The van der Waals surface area contributed by atoms with Crippen LogP contribution in [-0.2, 0) is 31.8 Å². The Labute approximate surface area is 271 Å². The Morgan fingerprint density at radius 2 is 1.76 bits per heavy atom. The van der Waals surface area contributed by atoms with E-state index in [0.717, 1.165) is 56.8 Å². The molecule has 46 heavy (non-hydrogen) atoms. The van der Waals surface area contributed by atoms with Gasteiger partial charge in [-0.05, 0) is 67.3 Å². The molecule has 1 aromatic carbocycles. The van der Waals surface area contributed by atoms with E-state index in [1.165, 1.54) is 22.6 Å². The van der Waals surface area contributed by atoms with E-state index in [1.54, 1.807) is 11.0 Å². The second kappa shape index (κ2) is 18.6. The van der Waals surface area contributed by atoms with Gasteiger partial charge in [0.15, 0.2) is 11.6 Å². The zero-order valence-electron chi connectivity index (χ0n) is 27.2. The summed E-state index contributed by atoms with van der Waals surface area (Å²) in [7, 11) is 0. The summed E-state index contributed by atoms with van der Waals surface area (Å²) < 4.78 is 37.0. The van der Waals surface area contributed by atoms with Crippen molar-refractivity contribution in [1.29, 1.82) is 0 Å². The van der Waals surface area contributed by atoms with Gasteiger partial charge in [-0.25, -0.2) is 14.2 Å². The van der Waals surface area contributed by atoms with Crippen LogP contribution in [0.4, 0.5) is 15.0 Å². The average molecular weight is 645 g/mol. The van der Waals surface area contributed by atoms with Crippen LogP contribution < -0.4 is 10.1 Å². The number of rotatable bonds is 21. The first kappa shape index (κ1) is 35.4. The minimum Gasteiger partial charge on any atom is -0.488 e. The van der Waals surface area contributed by atoms with E-state index in [0.29, 0.717) is 57.5 Å². The fourth-order valence-electron chi connectivity index (χ4n) is 5.54. The molecule has 2 N–H and O–H groups in total. The summed E-state index contributed by atoms with van der Waals surface area (Å²) in [6.45, 7) is 9.62. The molecule has 2 amide bonds. The number of amides is 2. The minimum absolute atomic E-state index is 0.0385. The number of hydrogen-bond donors (Lipinski definition) is 2. The SMILES string of the molecule is CC(C)CCOCCOCCOCCOc1ccc([C@@H](CC(=O)O)N2CCN(CCCc3ccc4c(n3)NCCC4)C2=O)cc1F. The number of carbonyl (C=O) groups excluding carboxylic acids is 1. The number of carboxylic acid groups (broad SMARTS) is 1. The summed E-state index contributed by atoms with van der Waals surface area (Å²) >= 11 is 0. The van der Waals surface area contributed by atoms with Crippen LogP contribution in [-0.4, -0.2) is 104 Å². The van der Waals surface area contributed by atoms with Crippen molar-refractivity contribution in [3.8, 4) is 5.75 Å². The molecule has 2 aromatic rings. The lowest BCUT2D eigenvalue weighted by molar-refractivity contribution is -0.138. The van der Waals surface area contributed by atoms with E-state index >= 15 is 4.39 Å². The van der Waals surface area contributed by atoms with Crippen molar-refractivity contribution in [2.24, 2.45) is 5.92 Å². The van der Waals surface area contributed by atoms with Gasteiger partial charge >= 0.3 is 12.0 Å². The molecule has 3 heterocycles. The Kier molecular flexibility index (Phi) is 14.3. The predicted octanol–water partition coefficient (Wildman–Crippen LogP) is 4.94. The van der Waals surface area contributed by atoms with E-state index in [9.17, 15) is 14.7 Å². The number of benzene rings is 1. The molecule has 11 nitrogen and oxygen atoms in total. The van der Waals surface area contributed by atoms with Crippen molar-refractivity contribution in [2.75, 3.05) is 77.7 Å². The monoisotopic (exact) mass is 644 g/mol. The Morgan fingerprint density at radius 1 is 1.02 bits per heavy atom. The summed E-state index contributed by atoms with van der Waals surface area (Å²) in [4.78, 5) is 33.1. The van der Waals surface area contributed by atoms with Gasteiger partial charge in [-0.2, -0.15) is 0 Å². The van der Waals surface area contributed by atoms with Crippen molar-refractivity contribution >= 4 is 17.8 Å². The van der Waals surface area contributed by atoms with E-state index in [4.69, 9.17) is 23.9 Å². The number of pyridine rings is 1. The summed E-state index contributed by atoms with van der Waals surface area (Å²) in [5.74, 6) is -0.0766. The standard InChI is InChI=1S/C34H49FN4O7/c1-25(2)11-16-43-17-18-44-19-20-45-21-22-46-31-10-8-27(23-29(31)35)30(24-32(40)41)39-15-14-38(34(39)42)13-4-6-28-9-7-26-5-3-12-36-33(26)37-28/h7-10,23,25,30H,3-6,11-22,24H2,1-2H3,(H,36,37)(H,40,41)/t30-/m1/s1. The average Bonchev–Trinajstić information content (AvgIpc) is 3.40. The molecule has 1 aromatic heterocycles. The highest BCUT2D eigenvalue weighted by Crippen LogP contribution is 2.31. The zero-order chi connectivity index (χ0) is 32.7. The van der Waals surface area contributed by atoms with Crippen LogP contribution in [0.25, 0.3) is 0 Å². The Hall–Kier alpha value is -3.48. The van der Waals surface area contributed by atoms with Crippen molar-refractivity contribution in [1.82, 2.24) is 14.8 Å². The second-order valence-corrected chi connectivity index (χ2v) is 12.1. The summed E-state index contributed by atoms with van der Waals surface area (Å²) in [6.07, 6.45) is 4.31. The number of nitrogens with zero attached hydrogens (tertiary/aromatic N) is 3. The Bertz CT molecular complexity index is 1260. The normalized spacial score (nSPS) is 15.3. The van der Waals surface area contributed by atoms with Crippen molar-refractivity contribution < 1.29 is 38.0 Å². The maximum Gasteiger partial charge on any atom is 0.320 e. The van der Waals surface area contributed by atoms with Gasteiger partial charge in [0, 0.05) is 38.5 Å². The third kappa shape index (κ3) is 11.1. The van der Waals surface area contributed by atoms with Gasteiger partial charge < -0.3 is 39.2 Å². The lowest BCUT2D eigenvalue weighted by Gasteiger charge is -2.27. The molecule has 2 aliphatic heterocycles. The fraction of sp³-hybridized carbons (Fsp3) is 0.618. The molecule has 0 aliphatic carbocycles. The van der Waals surface area contributed by atoms with Crippen LogP contribution >= 0.6 is 0 Å². The highest BCUT2D eigenvalue weighted by atomic mass is 19.1. The van der Waals surface area contributed by atoms with Crippen LogP contribution in [0.5, 0.6) is 5.75 Å². The molecule has 0 unspecified atom stereocenters. The molecule has 1 atom stereocenters. The molecule has 12 heteroatoms. The topological polar surface area (TPSA) is 123 Å². The summed E-state index contributed by atoms with van der Waals surface area (Å²) in [6, 6.07) is 7.48. The number of aryl methyl sites for hydroxylation is 2. The fourth-order valence-corrected chi connectivity index (χ4v) is 5.54. The van der Waals surface area contributed by atoms with E-state index in [1.807, 2.05) is 6.07 Å². The molecule has 2 aliphatic rings. The van der Waals surface area contributed by atoms with Crippen molar-refractivity contribution in [2.45, 2.75) is 58.4 Å². The van der Waals surface area contributed by atoms with Gasteiger partial charge in [-0.15, -0.1) is 0 Å². The number of carboxylic acids is 1. The van der Waals surface area contributed by atoms with Crippen molar-refractivity contribution in [3.05, 3.63) is 53.0 Å². The highest BCUT2D eigenvalue weighted by Gasteiger charge is 2.35. The first-order valence-corrected chi connectivity index (χ1v) is 16.5. The molecule has 0 saturated carbocycles. The molecule has 0 bridgehead atoms. The summed E-state index contributed by atoms with van der Waals surface area (Å²) in [5.41, 5.74) is 2.63. The third-order valence-corrected chi connectivity index (χ3v) is 8.09. The van der Waals surface area contributed by atoms with Crippen LogP contribution in [0.2, 0.25) is 0 Å². The van der Waals surface area contributed by atoms with Crippen LogP contribution in [0.1, 0.15) is 62.4 Å². The number of ether oxygens (including phenoxy) is 4. The number of urea groups is 1. The van der Waals surface area contributed by atoms with Gasteiger partial charge in [0.2, 0.25) is 0 Å². The maximum atomic E-state index is 15.0. The number of fused-ring (bicyclic) bond motifs is 1. The van der Waals surface area contributed by atoms with E-state index < -0.39 is 17.8 Å². The molecule has 1 fully saturated rings. The number of aromatic nitrogens is 1. The lowest BCUT2D eigenvalue weighted by Crippen LogP contribution is -2.36. The second-order valence-electron chi connectivity index (χ2n) is 12.1. The number of anilines is 1. The Balaban J connectivity index is 1.19. The molecule has 254 valence electrons. The maximum absolute atomic E-state index is 15.0. The third-order valence-electron chi connectivity index (χ3n) is 8.09. The van der Waals surface area contributed by atoms with Crippen LogP contribution in [0, 0.1) is 11.7 Å². The highest BCUT2D eigenvalue weighted by molar-refractivity contribution is 5.78. The molecule has 4 rings (SSSR count).